The maximum atomic E-state index is 11.5. The van der Waals surface area contributed by atoms with Crippen LogP contribution >= 0.6 is 12.2 Å². The van der Waals surface area contributed by atoms with Gasteiger partial charge in [0.1, 0.15) is 0 Å². The molecule has 2 aromatic carbocycles. The zero-order chi connectivity index (χ0) is 17.0. The van der Waals surface area contributed by atoms with E-state index < -0.39 is 5.97 Å². The van der Waals surface area contributed by atoms with E-state index in [2.05, 4.69) is 10.5 Å². The van der Waals surface area contributed by atoms with Crippen molar-refractivity contribution in [3.05, 3.63) is 70.3 Å². The summed E-state index contributed by atoms with van der Waals surface area (Å²) < 4.78 is 0. The van der Waals surface area contributed by atoms with Gasteiger partial charge in [0.15, 0.2) is 5.11 Å². The SMILES string of the molecule is Cc1ccc(C(=NNC(N)=S)c2ccccc2C(=O)O)cc1C. The Labute approximate surface area is 139 Å². The number of aryl methyl sites for hydroxylation is 2. The van der Waals surface area contributed by atoms with Crippen molar-refractivity contribution in [2.24, 2.45) is 10.8 Å². The van der Waals surface area contributed by atoms with Crippen LogP contribution in [0.1, 0.15) is 32.6 Å². The van der Waals surface area contributed by atoms with Gasteiger partial charge in [0.05, 0.1) is 11.3 Å². The Hall–Kier alpha value is -2.73. The number of nitrogens with one attached hydrogen (secondary N) is 1. The predicted molar refractivity (Wildman–Crippen MR) is 94.9 cm³/mol. The Balaban J connectivity index is 2.64. The minimum atomic E-state index is -1.02. The summed E-state index contributed by atoms with van der Waals surface area (Å²) in [6.07, 6.45) is 0. The molecule has 0 saturated heterocycles. The predicted octanol–water partition coefficient (Wildman–Crippen LogP) is 2.59. The van der Waals surface area contributed by atoms with Crippen molar-refractivity contribution < 1.29 is 9.90 Å². The third kappa shape index (κ3) is 3.92. The highest BCUT2D eigenvalue weighted by atomic mass is 32.1. The molecule has 118 valence electrons. The number of nitrogens with two attached hydrogens (primary N) is 1. The number of carboxylic acids is 1. The Bertz CT molecular complexity index is 800. The number of nitrogens with zero attached hydrogens (tertiary/aromatic N) is 1. The largest absolute Gasteiger partial charge is 0.478 e. The number of rotatable bonds is 4. The number of hydrazone groups is 1. The van der Waals surface area contributed by atoms with Gasteiger partial charge in [-0.3, -0.25) is 5.43 Å². The third-order valence-corrected chi connectivity index (χ3v) is 3.56. The van der Waals surface area contributed by atoms with Gasteiger partial charge >= 0.3 is 5.97 Å². The van der Waals surface area contributed by atoms with E-state index >= 15 is 0 Å². The summed E-state index contributed by atoms with van der Waals surface area (Å²) in [4.78, 5) is 11.5. The van der Waals surface area contributed by atoms with Crippen LogP contribution in [0.25, 0.3) is 0 Å². The van der Waals surface area contributed by atoms with Gasteiger partial charge in [0.2, 0.25) is 0 Å². The Kier molecular flexibility index (Phi) is 5.08. The first-order chi connectivity index (χ1) is 10.9. The molecule has 23 heavy (non-hydrogen) atoms. The van der Waals surface area contributed by atoms with E-state index in [1.165, 1.54) is 6.07 Å². The molecule has 0 fully saturated rings. The van der Waals surface area contributed by atoms with Gasteiger partial charge < -0.3 is 10.8 Å². The van der Waals surface area contributed by atoms with Crippen LogP contribution in [0.2, 0.25) is 0 Å². The molecule has 0 aliphatic heterocycles. The fraction of sp³-hybridized carbons (Fsp3) is 0.118. The van der Waals surface area contributed by atoms with Crippen LogP contribution in [0.4, 0.5) is 0 Å². The molecule has 6 heteroatoms. The second-order valence-corrected chi connectivity index (χ2v) is 5.53. The second kappa shape index (κ2) is 7.02. The van der Waals surface area contributed by atoms with Gasteiger partial charge in [-0.25, -0.2) is 4.79 Å². The van der Waals surface area contributed by atoms with E-state index in [1.807, 2.05) is 32.0 Å². The molecule has 0 radical (unpaired) electrons. The van der Waals surface area contributed by atoms with Crippen molar-refractivity contribution >= 4 is 29.0 Å². The molecule has 0 spiro atoms. The molecule has 0 aliphatic rings. The van der Waals surface area contributed by atoms with Crippen molar-refractivity contribution in [2.75, 3.05) is 0 Å². The molecule has 0 unspecified atom stereocenters. The van der Waals surface area contributed by atoms with Crippen LogP contribution in [-0.4, -0.2) is 21.9 Å². The summed E-state index contributed by atoms with van der Waals surface area (Å²) in [7, 11) is 0. The van der Waals surface area contributed by atoms with Crippen LogP contribution in [0.5, 0.6) is 0 Å². The van der Waals surface area contributed by atoms with Crippen molar-refractivity contribution in [2.45, 2.75) is 13.8 Å². The van der Waals surface area contributed by atoms with E-state index in [-0.39, 0.29) is 10.7 Å². The van der Waals surface area contributed by atoms with Gasteiger partial charge in [-0.15, -0.1) is 0 Å². The number of carbonyl (C=O) groups is 1. The normalized spacial score (nSPS) is 11.1. The van der Waals surface area contributed by atoms with E-state index in [4.69, 9.17) is 18.0 Å². The molecule has 5 nitrogen and oxygen atoms in total. The molecule has 2 rings (SSSR count). The van der Waals surface area contributed by atoms with Gasteiger partial charge in [-0.05, 0) is 49.3 Å². The minimum Gasteiger partial charge on any atom is -0.478 e. The number of carboxylic acid groups (broad SMARTS) is 1. The van der Waals surface area contributed by atoms with E-state index in [9.17, 15) is 9.90 Å². The van der Waals surface area contributed by atoms with Gasteiger partial charge in [0.25, 0.3) is 0 Å². The molecule has 4 N–H and O–H groups in total. The number of benzene rings is 2. The molecule has 0 bridgehead atoms. The maximum absolute atomic E-state index is 11.5. The molecule has 0 saturated carbocycles. The number of hydrogen-bond donors (Lipinski definition) is 3. The minimum absolute atomic E-state index is 0.0131. The number of aromatic carboxylic acids is 1. The summed E-state index contributed by atoms with van der Waals surface area (Å²) in [6, 6.07) is 12.5. The first-order valence-corrected chi connectivity index (χ1v) is 7.34. The van der Waals surface area contributed by atoms with Crippen LogP contribution < -0.4 is 11.2 Å². The fourth-order valence-electron chi connectivity index (χ4n) is 2.16. The van der Waals surface area contributed by atoms with E-state index in [0.29, 0.717) is 11.3 Å². The lowest BCUT2D eigenvalue weighted by molar-refractivity contribution is 0.0696. The zero-order valence-corrected chi connectivity index (χ0v) is 13.6. The molecular formula is C17H17N3O2S. The van der Waals surface area contributed by atoms with Crippen molar-refractivity contribution in [1.29, 1.82) is 0 Å². The number of hydrogen-bond acceptors (Lipinski definition) is 3. The van der Waals surface area contributed by atoms with Crippen molar-refractivity contribution in [1.82, 2.24) is 5.43 Å². The van der Waals surface area contributed by atoms with Gasteiger partial charge in [-0.1, -0.05) is 30.3 Å². The monoisotopic (exact) mass is 327 g/mol. The van der Waals surface area contributed by atoms with Crippen LogP contribution in [-0.2, 0) is 0 Å². The smallest absolute Gasteiger partial charge is 0.336 e. The first-order valence-electron chi connectivity index (χ1n) is 6.93. The Morgan fingerprint density at radius 2 is 1.78 bits per heavy atom. The van der Waals surface area contributed by atoms with Crippen molar-refractivity contribution in [3.8, 4) is 0 Å². The Morgan fingerprint density at radius 1 is 1.13 bits per heavy atom. The zero-order valence-electron chi connectivity index (χ0n) is 12.8. The van der Waals surface area contributed by atoms with Crippen molar-refractivity contribution in [3.63, 3.8) is 0 Å². The molecule has 0 heterocycles. The summed E-state index contributed by atoms with van der Waals surface area (Å²) in [5, 5.41) is 13.6. The lowest BCUT2D eigenvalue weighted by Gasteiger charge is -2.12. The highest BCUT2D eigenvalue weighted by molar-refractivity contribution is 7.80. The standard InChI is InChI=1S/C17H17N3O2S/c1-10-7-8-12(9-11(10)2)15(19-20-17(18)23)13-5-3-4-6-14(13)16(21)22/h3-9H,1-2H3,(H,21,22)(H3,18,20,23). The van der Waals surface area contributed by atoms with Crippen LogP contribution in [0, 0.1) is 13.8 Å². The summed E-state index contributed by atoms with van der Waals surface area (Å²) in [5.74, 6) is -1.02. The summed E-state index contributed by atoms with van der Waals surface area (Å²) in [6.45, 7) is 3.99. The maximum Gasteiger partial charge on any atom is 0.336 e. The van der Waals surface area contributed by atoms with Gasteiger partial charge in [0, 0.05) is 11.1 Å². The second-order valence-electron chi connectivity index (χ2n) is 5.09. The Morgan fingerprint density at radius 3 is 2.35 bits per heavy atom. The lowest BCUT2D eigenvalue weighted by atomic mass is 9.95. The molecule has 0 amide bonds. The average molecular weight is 327 g/mol. The topological polar surface area (TPSA) is 87.7 Å². The molecule has 0 atom stereocenters. The highest BCUT2D eigenvalue weighted by Crippen LogP contribution is 2.18. The average Bonchev–Trinajstić information content (AvgIpc) is 2.51. The lowest BCUT2D eigenvalue weighted by Crippen LogP contribution is -2.26. The van der Waals surface area contributed by atoms with Crippen LogP contribution in [0.15, 0.2) is 47.6 Å². The molecule has 0 aliphatic carbocycles. The van der Waals surface area contributed by atoms with Gasteiger partial charge in [-0.2, -0.15) is 5.10 Å². The molecule has 2 aromatic rings. The third-order valence-electron chi connectivity index (χ3n) is 3.47. The summed E-state index contributed by atoms with van der Waals surface area (Å²) >= 11 is 4.79. The quantitative estimate of drug-likeness (QED) is 0.456. The fourth-order valence-corrected chi connectivity index (χ4v) is 2.20. The van der Waals surface area contributed by atoms with E-state index in [0.717, 1.165) is 16.7 Å². The molecular weight excluding hydrogens is 310 g/mol. The first kappa shape index (κ1) is 16.6. The molecule has 0 aromatic heterocycles. The van der Waals surface area contributed by atoms with E-state index in [1.54, 1.807) is 18.2 Å². The number of thiocarbonyl (C=S) groups is 1. The highest BCUT2D eigenvalue weighted by Gasteiger charge is 2.16. The summed E-state index contributed by atoms with van der Waals surface area (Å²) in [5.41, 5.74) is 12.1. The van der Waals surface area contributed by atoms with Crippen LogP contribution in [0.3, 0.4) is 0 Å².